The molecule has 1 atom stereocenters. The van der Waals surface area contributed by atoms with Crippen LogP contribution in [0.1, 0.15) is 38.7 Å². The molecule has 16 heteroatoms. The van der Waals surface area contributed by atoms with Crippen LogP contribution in [0.3, 0.4) is 0 Å². The first-order valence-electron chi connectivity index (χ1n) is 12.8. The molecule has 0 saturated carbocycles. The third-order valence-electron chi connectivity index (χ3n) is 6.93. The van der Waals surface area contributed by atoms with Gasteiger partial charge in [0.1, 0.15) is 27.9 Å². The van der Waals surface area contributed by atoms with Gasteiger partial charge in [-0.15, -0.1) is 4.40 Å². The Kier molecular flexibility index (Phi) is 7.25. The Hall–Kier alpha value is -4.02. The molecule has 218 valence electrons. The van der Waals surface area contributed by atoms with E-state index in [4.69, 9.17) is 0 Å². The monoisotopic (exact) mass is 604 g/mol. The number of amidine groups is 1. The standard InChI is InChI=1S/C25H28N6O8S2/c1-14(2)9-12-30-23-16(5-3-10-26-23)21(32)20(24(30)33)22-27-17-8-7-15(13-19(17)40(36,37)29-22)28-41(38,39)31-11-4-6-18(31)25(34)35/h3,5,7-8,10,13-14,18,28,32H,4,6,9,11-12H2,1-2H3,(H,27,29)(H,34,35)/t18-/m0/s1. The molecule has 1 aromatic carbocycles. The largest absolute Gasteiger partial charge is 0.506 e. The molecule has 5 rings (SSSR count). The molecule has 2 aromatic heterocycles. The third-order valence-corrected chi connectivity index (χ3v) is 9.79. The number of aliphatic carboxylic acids is 1. The average molecular weight is 605 g/mol. The fourth-order valence-electron chi connectivity index (χ4n) is 4.88. The number of fused-ring (bicyclic) bond motifs is 2. The molecule has 41 heavy (non-hydrogen) atoms. The SMILES string of the molecule is CC(C)CCn1c(=O)c(C2=NS(=O)(=O)c3cc(NS(=O)(=O)N4CCC[C@H]4C(=O)O)ccc3N2)c(O)c2cccnc21. The predicted octanol–water partition coefficient (Wildman–Crippen LogP) is 1.91. The summed E-state index contributed by atoms with van der Waals surface area (Å²) in [7, 11) is -8.78. The lowest BCUT2D eigenvalue weighted by Crippen LogP contribution is -2.43. The highest BCUT2D eigenvalue weighted by molar-refractivity contribution is 7.91. The van der Waals surface area contributed by atoms with Gasteiger partial charge >= 0.3 is 16.2 Å². The topological polar surface area (TPSA) is 200 Å². The number of carboxylic acid groups (broad SMARTS) is 1. The minimum atomic E-state index is -4.48. The van der Waals surface area contributed by atoms with Crippen molar-refractivity contribution >= 4 is 54.4 Å². The van der Waals surface area contributed by atoms with E-state index in [9.17, 15) is 36.6 Å². The molecule has 1 saturated heterocycles. The van der Waals surface area contributed by atoms with Gasteiger partial charge < -0.3 is 15.5 Å². The number of nitrogens with zero attached hydrogens (tertiary/aromatic N) is 4. The highest BCUT2D eigenvalue weighted by atomic mass is 32.2. The first kappa shape index (κ1) is 28.5. The number of anilines is 2. The number of hydrogen-bond donors (Lipinski definition) is 4. The lowest BCUT2D eigenvalue weighted by molar-refractivity contribution is -0.140. The number of sulfonamides is 1. The molecule has 0 spiro atoms. The fourth-order valence-corrected chi connectivity index (χ4v) is 7.48. The quantitative estimate of drug-likeness (QED) is 0.294. The van der Waals surface area contributed by atoms with E-state index in [1.54, 1.807) is 12.1 Å². The Bertz CT molecular complexity index is 1870. The normalized spacial score (nSPS) is 18.6. The van der Waals surface area contributed by atoms with Gasteiger partial charge in [0, 0.05) is 19.3 Å². The van der Waals surface area contributed by atoms with Gasteiger partial charge in [-0.25, -0.2) is 4.98 Å². The number of aryl methyl sites for hydroxylation is 1. The molecular weight excluding hydrogens is 576 g/mol. The molecule has 4 N–H and O–H groups in total. The molecule has 4 heterocycles. The summed E-state index contributed by atoms with van der Waals surface area (Å²) in [5, 5.41) is 23.4. The van der Waals surface area contributed by atoms with Gasteiger partial charge in [-0.05, 0) is 55.5 Å². The van der Waals surface area contributed by atoms with Crippen LogP contribution in [0, 0.1) is 5.92 Å². The number of rotatable bonds is 8. The molecule has 1 fully saturated rings. The average Bonchev–Trinajstić information content (AvgIpc) is 3.40. The van der Waals surface area contributed by atoms with E-state index >= 15 is 0 Å². The second-order valence-electron chi connectivity index (χ2n) is 10.2. The van der Waals surface area contributed by atoms with Gasteiger partial charge in [0.05, 0.1) is 16.8 Å². The highest BCUT2D eigenvalue weighted by Gasteiger charge is 2.39. The summed E-state index contributed by atoms with van der Waals surface area (Å²) in [5.41, 5.74) is -0.899. The molecule has 2 aliphatic rings. The third kappa shape index (κ3) is 5.25. The zero-order valence-corrected chi connectivity index (χ0v) is 23.7. The van der Waals surface area contributed by atoms with Crippen molar-refractivity contribution in [3.8, 4) is 5.75 Å². The highest BCUT2D eigenvalue weighted by Crippen LogP contribution is 2.34. The van der Waals surface area contributed by atoms with Gasteiger partial charge in [-0.2, -0.15) is 21.1 Å². The Labute approximate surface area is 235 Å². The Morgan fingerprint density at radius 2 is 2.02 bits per heavy atom. The van der Waals surface area contributed by atoms with Crippen molar-refractivity contribution in [2.45, 2.75) is 50.6 Å². The van der Waals surface area contributed by atoms with Crippen LogP contribution < -0.4 is 15.6 Å². The maximum Gasteiger partial charge on any atom is 0.322 e. The van der Waals surface area contributed by atoms with E-state index in [0.717, 1.165) is 10.4 Å². The van der Waals surface area contributed by atoms with Crippen LogP contribution in [-0.2, 0) is 31.6 Å². The van der Waals surface area contributed by atoms with Crippen molar-refractivity contribution in [1.82, 2.24) is 13.9 Å². The minimum absolute atomic E-state index is 0.00125. The van der Waals surface area contributed by atoms with Crippen LogP contribution in [0.15, 0.2) is 50.6 Å². The number of aromatic nitrogens is 2. The summed E-state index contributed by atoms with van der Waals surface area (Å²) in [6.45, 7) is 4.26. The summed E-state index contributed by atoms with van der Waals surface area (Å²) >= 11 is 0. The van der Waals surface area contributed by atoms with E-state index < -0.39 is 49.4 Å². The summed E-state index contributed by atoms with van der Waals surface area (Å²) in [5.74, 6) is -1.89. The summed E-state index contributed by atoms with van der Waals surface area (Å²) in [6, 6.07) is 5.54. The van der Waals surface area contributed by atoms with Crippen LogP contribution in [0.2, 0.25) is 0 Å². The van der Waals surface area contributed by atoms with Crippen molar-refractivity contribution in [3.63, 3.8) is 0 Å². The molecule has 2 aliphatic heterocycles. The van der Waals surface area contributed by atoms with Gasteiger partial charge in [0.25, 0.3) is 15.6 Å². The summed E-state index contributed by atoms with van der Waals surface area (Å²) in [4.78, 5) is 28.9. The maximum absolute atomic E-state index is 13.6. The van der Waals surface area contributed by atoms with E-state index in [0.29, 0.717) is 12.8 Å². The fraction of sp³-hybridized carbons (Fsp3) is 0.360. The number of carboxylic acids is 1. The second kappa shape index (κ2) is 10.4. The van der Waals surface area contributed by atoms with Crippen LogP contribution in [0.25, 0.3) is 11.0 Å². The van der Waals surface area contributed by atoms with Gasteiger partial charge in [-0.1, -0.05) is 13.8 Å². The van der Waals surface area contributed by atoms with Gasteiger partial charge in [-0.3, -0.25) is 18.9 Å². The van der Waals surface area contributed by atoms with Crippen molar-refractivity contribution in [3.05, 3.63) is 52.4 Å². The molecular formula is C25H28N6O8S2. The van der Waals surface area contributed by atoms with Gasteiger partial charge in [0.15, 0.2) is 5.84 Å². The molecule has 0 radical (unpaired) electrons. The van der Waals surface area contributed by atoms with E-state index in [2.05, 4.69) is 19.4 Å². The first-order chi connectivity index (χ1) is 19.3. The number of carbonyl (C=O) groups is 1. The Balaban J connectivity index is 1.54. The van der Waals surface area contributed by atoms with Crippen LogP contribution in [0.5, 0.6) is 5.75 Å². The maximum atomic E-state index is 13.6. The van der Waals surface area contributed by atoms with E-state index in [1.165, 1.54) is 22.9 Å². The van der Waals surface area contributed by atoms with Crippen molar-refractivity contribution < 1.29 is 31.8 Å². The molecule has 0 bridgehead atoms. The predicted molar refractivity (Wildman–Crippen MR) is 151 cm³/mol. The smallest absolute Gasteiger partial charge is 0.322 e. The zero-order valence-electron chi connectivity index (χ0n) is 22.1. The lowest BCUT2D eigenvalue weighted by atomic mass is 10.1. The summed E-state index contributed by atoms with van der Waals surface area (Å²) < 4.78 is 60.5. The summed E-state index contributed by atoms with van der Waals surface area (Å²) in [6.07, 6.45) is 2.64. The number of benzene rings is 1. The van der Waals surface area contributed by atoms with E-state index in [1.807, 2.05) is 13.8 Å². The van der Waals surface area contributed by atoms with Crippen molar-refractivity contribution in [2.24, 2.45) is 10.3 Å². The Morgan fingerprint density at radius 3 is 2.73 bits per heavy atom. The molecule has 14 nitrogen and oxygen atoms in total. The van der Waals surface area contributed by atoms with Crippen LogP contribution in [0.4, 0.5) is 11.4 Å². The van der Waals surface area contributed by atoms with Crippen molar-refractivity contribution in [2.75, 3.05) is 16.6 Å². The molecule has 0 aliphatic carbocycles. The van der Waals surface area contributed by atoms with Crippen molar-refractivity contribution in [1.29, 1.82) is 0 Å². The minimum Gasteiger partial charge on any atom is -0.506 e. The zero-order chi connectivity index (χ0) is 29.7. The first-order valence-corrected chi connectivity index (χ1v) is 15.7. The number of nitrogens with one attached hydrogen (secondary N) is 2. The number of aromatic hydroxyl groups is 1. The lowest BCUT2D eigenvalue weighted by Gasteiger charge is -2.23. The van der Waals surface area contributed by atoms with Crippen LogP contribution in [-0.4, -0.2) is 65.3 Å². The Morgan fingerprint density at radius 1 is 1.27 bits per heavy atom. The van der Waals surface area contributed by atoms with Crippen LogP contribution >= 0.6 is 0 Å². The van der Waals surface area contributed by atoms with E-state index in [-0.39, 0.29) is 58.3 Å². The molecule has 0 amide bonds. The molecule has 3 aromatic rings. The van der Waals surface area contributed by atoms with Gasteiger partial charge in [0.2, 0.25) is 0 Å². The number of pyridine rings is 2. The molecule has 0 unspecified atom stereocenters. The second-order valence-corrected chi connectivity index (χ2v) is 13.4. The number of hydrogen-bond acceptors (Lipinski definition) is 9.